The van der Waals surface area contributed by atoms with Crippen LogP contribution >= 0.6 is 0 Å². The van der Waals surface area contributed by atoms with Crippen LogP contribution in [0.2, 0.25) is 0 Å². The molecule has 99 heavy (non-hydrogen) atoms. The summed E-state index contributed by atoms with van der Waals surface area (Å²) in [5.41, 5.74) is 37.7. The molecule has 0 aliphatic heterocycles. The van der Waals surface area contributed by atoms with Crippen LogP contribution in [-0.2, 0) is 5.41 Å². The van der Waals surface area contributed by atoms with Gasteiger partial charge in [0.25, 0.3) is 0 Å². The number of rotatable bonds is 14. The second kappa shape index (κ2) is 25.9. The molecule has 0 heterocycles. The highest BCUT2D eigenvalue weighted by atomic mass is 14.4. The molecule has 0 N–H and O–H groups in total. The van der Waals surface area contributed by atoms with Gasteiger partial charge in [-0.2, -0.15) is 0 Å². The van der Waals surface area contributed by atoms with Crippen molar-refractivity contribution in [3.63, 3.8) is 0 Å². The van der Waals surface area contributed by atoms with E-state index in [0.717, 1.165) is 44.5 Å². The van der Waals surface area contributed by atoms with Crippen LogP contribution in [0.5, 0.6) is 0 Å². The predicted molar refractivity (Wildman–Crippen MR) is 420 cm³/mol. The highest BCUT2D eigenvalue weighted by Crippen LogP contribution is 2.52. The Morgan fingerprint density at radius 3 is 0.404 bits per heavy atom. The van der Waals surface area contributed by atoms with E-state index in [4.69, 9.17) is 0 Å². The van der Waals surface area contributed by atoms with Crippen molar-refractivity contribution in [3.8, 4) is 167 Å². The first kappa shape index (κ1) is 60.2. The third-order valence-electron chi connectivity index (χ3n) is 20.1. The van der Waals surface area contributed by atoms with Crippen molar-refractivity contribution in [2.24, 2.45) is 0 Å². The summed E-state index contributed by atoms with van der Waals surface area (Å²) in [5, 5.41) is 0. The minimum Gasteiger partial charge on any atom is -0.0622 e. The second-order valence-electron chi connectivity index (χ2n) is 26.9. The monoisotopic (exact) mass is 1260 g/mol. The molecule has 466 valence electrons. The van der Waals surface area contributed by atoms with Crippen LogP contribution in [0, 0.1) is 0 Å². The Bertz CT molecular complexity index is 4750. The number of hydrogen-bond acceptors (Lipinski definition) is 0. The first-order valence-corrected chi connectivity index (χ1v) is 34.4. The molecule has 0 nitrogen and oxygen atoms in total. The normalized spacial score (nSPS) is 12.0. The zero-order valence-electron chi connectivity index (χ0n) is 55.5. The van der Waals surface area contributed by atoms with Crippen LogP contribution in [0.4, 0.5) is 0 Å². The third kappa shape index (κ3) is 12.2. The molecule has 1 aliphatic rings. The summed E-state index contributed by atoms with van der Waals surface area (Å²) in [7, 11) is 0. The van der Waals surface area contributed by atoms with Gasteiger partial charge in [-0.15, -0.1) is 0 Å². The van der Waals surface area contributed by atoms with Gasteiger partial charge in [0.05, 0.1) is 0 Å². The zero-order valence-corrected chi connectivity index (χ0v) is 55.5. The van der Waals surface area contributed by atoms with E-state index in [9.17, 15) is 0 Å². The van der Waals surface area contributed by atoms with Crippen LogP contribution in [0.3, 0.4) is 0 Å². The SMILES string of the molecule is CC1(C)c2cc(-c3cc(-c4cc(-c5ccccc5)cc(-c5ccccc5)c4)cc(-c4cc(-c5ccccc5)cc(-c5ccccc5)c4)c3)ccc2-c2ccc(-c3cc(-c4cc(-c5ccccc5)cc(-c5ccccc5)c4)cc(-c4cc(-c5ccccc5)cc(-c5ccccc5)c4)c3)cc21. The van der Waals surface area contributed by atoms with Crippen molar-refractivity contribution >= 4 is 0 Å². The van der Waals surface area contributed by atoms with E-state index < -0.39 is 0 Å². The van der Waals surface area contributed by atoms with Crippen molar-refractivity contribution in [1.82, 2.24) is 0 Å². The molecule has 0 radical (unpaired) electrons. The van der Waals surface area contributed by atoms with Crippen molar-refractivity contribution in [3.05, 3.63) is 399 Å². The van der Waals surface area contributed by atoms with Crippen molar-refractivity contribution in [1.29, 1.82) is 0 Å². The summed E-state index contributed by atoms with van der Waals surface area (Å²) < 4.78 is 0. The van der Waals surface area contributed by atoms with E-state index in [1.54, 1.807) is 0 Å². The van der Waals surface area contributed by atoms with Gasteiger partial charge in [-0.3, -0.25) is 0 Å². The molecule has 0 amide bonds. The second-order valence-corrected chi connectivity index (χ2v) is 26.9. The predicted octanol–water partition coefficient (Wildman–Crippen LogP) is 27.3. The Labute approximate surface area is 581 Å². The first-order valence-electron chi connectivity index (χ1n) is 34.4. The Kier molecular flexibility index (Phi) is 15.8. The lowest BCUT2D eigenvalue weighted by atomic mass is 9.80. The van der Waals surface area contributed by atoms with Gasteiger partial charge in [0.15, 0.2) is 0 Å². The lowest BCUT2D eigenvalue weighted by molar-refractivity contribution is 0.661. The summed E-state index contributed by atoms with van der Waals surface area (Å²) in [6.07, 6.45) is 0. The van der Waals surface area contributed by atoms with Gasteiger partial charge >= 0.3 is 0 Å². The Morgan fingerprint density at radius 2 is 0.253 bits per heavy atom. The topological polar surface area (TPSA) is 0 Å². The van der Waals surface area contributed by atoms with Gasteiger partial charge in [-0.05, 0) is 299 Å². The van der Waals surface area contributed by atoms with Crippen molar-refractivity contribution < 1.29 is 0 Å². The molecule has 0 saturated heterocycles. The van der Waals surface area contributed by atoms with E-state index in [2.05, 4.69) is 402 Å². The van der Waals surface area contributed by atoms with Crippen LogP contribution in [0.1, 0.15) is 25.0 Å². The molecule has 0 saturated carbocycles. The number of fused-ring (bicyclic) bond motifs is 3. The molecule has 0 spiro atoms. The smallest absolute Gasteiger partial charge is 0.0159 e. The average Bonchev–Trinajstić information content (AvgIpc) is 1.56. The fourth-order valence-corrected chi connectivity index (χ4v) is 14.9. The maximum atomic E-state index is 2.50. The van der Waals surface area contributed by atoms with Gasteiger partial charge < -0.3 is 0 Å². The van der Waals surface area contributed by atoms with E-state index in [0.29, 0.717) is 0 Å². The molecule has 0 heteroatoms. The van der Waals surface area contributed by atoms with Gasteiger partial charge in [-0.1, -0.05) is 281 Å². The minimum atomic E-state index is -0.343. The Balaban J connectivity index is 0.821. The summed E-state index contributed by atoms with van der Waals surface area (Å²) >= 11 is 0. The summed E-state index contributed by atoms with van der Waals surface area (Å²) in [4.78, 5) is 0. The summed E-state index contributed by atoms with van der Waals surface area (Å²) in [5.74, 6) is 0. The molecular formula is C99H70. The number of hydrogen-bond donors (Lipinski definition) is 0. The average molecular weight is 1260 g/mol. The van der Waals surface area contributed by atoms with Crippen LogP contribution in [0.15, 0.2) is 388 Å². The van der Waals surface area contributed by atoms with Crippen LogP contribution in [0.25, 0.3) is 167 Å². The minimum absolute atomic E-state index is 0.343. The standard InChI is InChI=1S/C99H70/c1-99(2)97-65-75(85-59-91(87-51-77(67-27-11-3-12-28-67)47-78(52-87)68-29-13-4-14-30-68)63-92(60-85)88-53-79(69-31-15-5-16-32-69)48-80(54-88)70-33-17-6-18-34-70)43-45-95(97)96-46-44-76(66-98(96)99)86-61-93(89-55-81(71-35-19-7-20-36-71)49-82(56-89)72-37-21-8-22-38-72)64-94(62-86)90-57-83(73-39-23-9-24-40-73)50-84(58-90)74-41-25-10-26-42-74/h3-66H,1-2H3. The third-order valence-corrected chi connectivity index (χ3v) is 20.1. The molecule has 0 aromatic heterocycles. The fraction of sp³-hybridized carbons (Fsp3) is 0.0303. The van der Waals surface area contributed by atoms with Gasteiger partial charge in [0.2, 0.25) is 0 Å². The Morgan fingerprint density at radius 1 is 0.121 bits per heavy atom. The maximum absolute atomic E-state index is 2.50. The molecule has 0 fully saturated rings. The first-order chi connectivity index (χ1) is 48.7. The lowest BCUT2D eigenvalue weighted by Gasteiger charge is -2.23. The summed E-state index contributed by atoms with van der Waals surface area (Å²) in [6, 6.07) is 144. The molecule has 0 bridgehead atoms. The van der Waals surface area contributed by atoms with E-state index in [1.165, 1.54) is 134 Å². The highest BCUT2D eigenvalue weighted by molar-refractivity contribution is 5.94. The molecule has 1 aliphatic carbocycles. The lowest BCUT2D eigenvalue weighted by Crippen LogP contribution is -2.15. The van der Waals surface area contributed by atoms with E-state index >= 15 is 0 Å². The van der Waals surface area contributed by atoms with E-state index in [-0.39, 0.29) is 5.41 Å². The zero-order chi connectivity index (χ0) is 66.2. The molecule has 17 rings (SSSR count). The molecule has 0 atom stereocenters. The van der Waals surface area contributed by atoms with Crippen molar-refractivity contribution in [2.75, 3.05) is 0 Å². The fourth-order valence-electron chi connectivity index (χ4n) is 14.9. The number of benzene rings is 16. The Hall–Kier alpha value is -12.5. The largest absolute Gasteiger partial charge is 0.0622 e. The van der Waals surface area contributed by atoms with Crippen LogP contribution in [-0.4, -0.2) is 0 Å². The van der Waals surface area contributed by atoms with Crippen molar-refractivity contribution in [2.45, 2.75) is 19.3 Å². The van der Waals surface area contributed by atoms with Gasteiger partial charge in [-0.25, -0.2) is 0 Å². The highest BCUT2D eigenvalue weighted by Gasteiger charge is 2.36. The van der Waals surface area contributed by atoms with Crippen LogP contribution < -0.4 is 0 Å². The molecule has 16 aromatic carbocycles. The maximum Gasteiger partial charge on any atom is 0.0159 e. The van der Waals surface area contributed by atoms with E-state index in [1.807, 2.05) is 0 Å². The molecule has 0 unspecified atom stereocenters. The molecule has 16 aromatic rings. The van der Waals surface area contributed by atoms with Gasteiger partial charge in [0.1, 0.15) is 0 Å². The molecular weight excluding hydrogens is 1190 g/mol. The quantitative estimate of drug-likeness (QED) is 0.102. The van der Waals surface area contributed by atoms with Gasteiger partial charge in [0, 0.05) is 5.41 Å². The summed E-state index contributed by atoms with van der Waals surface area (Å²) in [6.45, 7) is 4.85.